The Kier molecular flexibility index (Phi) is 6.63. The number of hydrogen-bond acceptors (Lipinski definition) is 3. The van der Waals surface area contributed by atoms with Gasteiger partial charge in [0.05, 0.1) is 0 Å². The van der Waals surface area contributed by atoms with Gasteiger partial charge in [0.15, 0.2) is 0 Å². The summed E-state index contributed by atoms with van der Waals surface area (Å²) in [5, 5.41) is 13.6. The Bertz CT molecular complexity index is 595. The molecule has 0 amide bonds. The van der Waals surface area contributed by atoms with Crippen molar-refractivity contribution < 1.29 is 9.84 Å². The fraction of sp³-hybridized carbons (Fsp3) is 0.400. The predicted molar refractivity (Wildman–Crippen MR) is 94.9 cm³/mol. The van der Waals surface area contributed by atoms with E-state index in [2.05, 4.69) is 43.4 Å². The molecule has 2 N–H and O–H groups in total. The van der Waals surface area contributed by atoms with Crippen LogP contribution in [0.15, 0.2) is 48.5 Å². The number of rotatable bonds is 8. The Morgan fingerprint density at radius 2 is 1.74 bits per heavy atom. The van der Waals surface area contributed by atoms with Gasteiger partial charge >= 0.3 is 0 Å². The first kappa shape index (κ1) is 17.5. The van der Waals surface area contributed by atoms with E-state index >= 15 is 0 Å². The molecule has 0 aliphatic heterocycles. The van der Waals surface area contributed by atoms with E-state index in [1.54, 1.807) is 0 Å². The number of ether oxygens (including phenoxy) is 1. The van der Waals surface area contributed by atoms with Crippen LogP contribution in [-0.2, 0) is 0 Å². The van der Waals surface area contributed by atoms with Gasteiger partial charge < -0.3 is 15.2 Å². The second-order valence-electron chi connectivity index (χ2n) is 6.01. The van der Waals surface area contributed by atoms with Crippen LogP contribution in [-0.4, -0.2) is 24.4 Å². The van der Waals surface area contributed by atoms with Crippen molar-refractivity contribution in [3.63, 3.8) is 0 Å². The van der Waals surface area contributed by atoms with Crippen LogP contribution in [0.1, 0.15) is 36.1 Å². The van der Waals surface area contributed by atoms with Crippen molar-refractivity contribution in [2.45, 2.75) is 39.3 Å². The van der Waals surface area contributed by atoms with Gasteiger partial charge in [-0.1, -0.05) is 55.0 Å². The summed E-state index contributed by atoms with van der Waals surface area (Å²) in [6.07, 6.45) is 0.447. The summed E-state index contributed by atoms with van der Waals surface area (Å²) in [6, 6.07) is 16.6. The minimum Gasteiger partial charge on any atom is -0.491 e. The van der Waals surface area contributed by atoms with E-state index in [9.17, 15) is 5.11 Å². The third-order valence-electron chi connectivity index (χ3n) is 4.01. The van der Waals surface area contributed by atoms with Gasteiger partial charge in [0.1, 0.15) is 18.5 Å². The highest BCUT2D eigenvalue weighted by Crippen LogP contribution is 2.18. The van der Waals surface area contributed by atoms with Crippen LogP contribution < -0.4 is 10.1 Å². The first-order valence-electron chi connectivity index (χ1n) is 8.26. The summed E-state index contributed by atoms with van der Waals surface area (Å²) in [6.45, 7) is 7.05. The number of hydrogen-bond donors (Lipinski definition) is 2. The van der Waals surface area contributed by atoms with Crippen LogP contribution in [0.2, 0.25) is 0 Å². The van der Waals surface area contributed by atoms with Crippen molar-refractivity contribution in [3.05, 3.63) is 65.2 Å². The van der Waals surface area contributed by atoms with E-state index in [1.165, 1.54) is 11.1 Å². The van der Waals surface area contributed by atoms with Crippen molar-refractivity contribution in [1.82, 2.24) is 5.32 Å². The van der Waals surface area contributed by atoms with Crippen LogP contribution in [0.25, 0.3) is 0 Å². The van der Waals surface area contributed by atoms with E-state index in [4.69, 9.17) is 4.74 Å². The third-order valence-corrected chi connectivity index (χ3v) is 4.01. The SMILES string of the molecule is CCC(NCC(O)COc1ccccc1C)c1ccc(C)cc1. The third kappa shape index (κ3) is 5.38. The number of aliphatic hydroxyl groups excluding tert-OH is 1. The molecule has 0 aliphatic rings. The zero-order chi connectivity index (χ0) is 16.7. The van der Waals surface area contributed by atoms with E-state index in [-0.39, 0.29) is 6.04 Å². The average Bonchev–Trinajstić information content (AvgIpc) is 2.56. The van der Waals surface area contributed by atoms with Crippen molar-refractivity contribution in [2.24, 2.45) is 0 Å². The van der Waals surface area contributed by atoms with Gasteiger partial charge in [0.2, 0.25) is 0 Å². The van der Waals surface area contributed by atoms with Crippen molar-refractivity contribution in [3.8, 4) is 5.75 Å². The lowest BCUT2D eigenvalue weighted by atomic mass is 10.0. The van der Waals surface area contributed by atoms with E-state index in [1.807, 2.05) is 31.2 Å². The molecule has 2 aromatic carbocycles. The normalized spacial score (nSPS) is 13.6. The van der Waals surface area contributed by atoms with E-state index in [0.29, 0.717) is 13.2 Å². The lowest BCUT2D eigenvalue weighted by Gasteiger charge is -2.20. The number of nitrogens with one attached hydrogen (secondary N) is 1. The average molecular weight is 313 g/mol. The summed E-state index contributed by atoms with van der Waals surface area (Å²) in [5.74, 6) is 0.831. The second kappa shape index (κ2) is 8.70. The number of para-hydroxylation sites is 1. The van der Waals surface area contributed by atoms with Crippen LogP contribution in [0, 0.1) is 13.8 Å². The van der Waals surface area contributed by atoms with Gasteiger partial charge in [0.25, 0.3) is 0 Å². The molecule has 0 saturated heterocycles. The minimum absolute atomic E-state index is 0.253. The van der Waals surface area contributed by atoms with E-state index in [0.717, 1.165) is 17.7 Å². The van der Waals surface area contributed by atoms with Crippen LogP contribution in [0.3, 0.4) is 0 Å². The predicted octanol–water partition coefficient (Wildman–Crippen LogP) is 3.78. The molecule has 0 aromatic heterocycles. The molecule has 0 fully saturated rings. The maximum atomic E-state index is 10.1. The Balaban J connectivity index is 1.81. The maximum absolute atomic E-state index is 10.1. The molecule has 3 nitrogen and oxygen atoms in total. The fourth-order valence-electron chi connectivity index (χ4n) is 2.54. The van der Waals surface area contributed by atoms with Gasteiger partial charge in [-0.15, -0.1) is 0 Å². The first-order valence-corrected chi connectivity index (χ1v) is 8.26. The zero-order valence-electron chi connectivity index (χ0n) is 14.3. The fourth-order valence-corrected chi connectivity index (χ4v) is 2.54. The van der Waals surface area contributed by atoms with Crippen LogP contribution >= 0.6 is 0 Å². The lowest BCUT2D eigenvalue weighted by molar-refractivity contribution is 0.103. The highest BCUT2D eigenvalue weighted by Gasteiger charge is 2.12. The summed E-state index contributed by atoms with van der Waals surface area (Å²) >= 11 is 0. The molecule has 0 bridgehead atoms. The van der Waals surface area contributed by atoms with Gasteiger partial charge in [-0.2, -0.15) is 0 Å². The molecule has 124 valence electrons. The standard InChI is InChI=1S/C20H27NO2/c1-4-19(17-11-9-15(2)10-12-17)21-13-18(22)14-23-20-8-6-5-7-16(20)3/h5-12,18-19,21-22H,4,13-14H2,1-3H3. The summed E-state index contributed by atoms with van der Waals surface area (Å²) in [4.78, 5) is 0. The highest BCUT2D eigenvalue weighted by atomic mass is 16.5. The second-order valence-corrected chi connectivity index (χ2v) is 6.01. The maximum Gasteiger partial charge on any atom is 0.122 e. The largest absolute Gasteiger partial charge is 0.491 e. The topological polar surface area (TPSA) is 41.5 Å². The molecule has 0 saturated carbocycles. The highest BCUT2D eigenvalue weighted by molar-refractivity contribution is 5.31. The smallest absolute Gasteiger partial charge is 0.122 e. The summed E-state index contributed by atoms with van der Waals surface area (Å²) in [5.41, 5.74) is 3.60. The van der Waals surface area contributed by atoms with Crippen molar-refractivity contribution in [2.75, 3.05) is 13.2 Å². The van der Waals surface area contributed by atoms with Crippen LogP contribution in [0.4, 0.5) is 0 Å². The number of aryl methyl sites for hydroxylation is 2. The number of benzene rings is 2. The van der Waals surface area contributed by atoms with Gasteiger partial charge in [-0.25, -0.2) is 0 Å². The Morgan fingerprint density at radius 1 is 1.04 bits per heavy atom. The molecule has 0 radical (unpaired) electrons. The Labute approximate surface area is 139 Å². The summed E-state index contributed by atoms with van der Waals surface area (Å²) < 4.78 is 5.70. The molecule has 2 aromatic rings. The Morgan fingerprint density at radius 3 is 2.39 bits per heavy atom. The van der Waals surface area contributed by atoms with Crippen molar-refractivity contribution >= 4 is 0 Å². The molecule has 23 heavy (non-hydrogen) atoms. The molecule has 3 heteroatoms. The Hall–Kier alpha value is -1.84. The van der Waals surface area contributed by atoms with Crippen LogP contribution in [0.5, 0.6) is 5.75 Å². The van der Waals surface area contributed by atoms with Gasteiger partial charge in [-0.05, 0) is 37.5 Å². The molecule has 2 rings (SSSR count). The molecule has 2 unspecified atom stereocenters. The number of aliphatic hydroxyl groups is 1. The quantitative estimate of drug-likeness (QED) is 0.779. The molecule has 0 spiro atoms. The zero-order valence-corrected chi connectivity index (χ0v) is 14.3. The summed E-state index contributed by atoms with van der Waals surface area (Å²) in [7, 11) is 0. The van der Waals surface area contributed by atoms with Gasteiger partial charge in [-0.3, -0.25) is 0 Å². The minimum atomic E-state index is -0.533. The molecule has 2 atom stereocenters. The molecular weight excluding hydrogens is 286 g/mol. The van der Waals surface area contributed by atoms with Crippen molar-refractivity contribution in [1.29, 1.82) is 0 Å². The molecule has 0 aliphatic carbocycles. The monoisotopic (exact) mass is 313 g/mol. The lowest BCUT2D eigenvalue weighted by Crippen LogP contribution is -2.33. The van der Waals surface area contributed by atoms with E-state index < -0.39 is 6.10 Å². The molecule has 0 heterocycles. The molecular formula is C20H27NO2. The van der Waals surface area contributed by atoms with Gasteiger partial charge in [0, 0.05) is 12.6 Å². The first-order chi connectivity index (χ1) is 11.1.